The smallest absolute Gasteiger partial charge is 0.422 e. The first-order valence-corrected chi connectivity index (χ1v) is 15.6. The average Bonchev–Trinajstić information content (AvgIpc) is 3.70. The molecule has 0 bridgehead atoms. The average molecular weight is 729 g/mol. The van der Waals surface area contributed by atoms with Gasteiger partial charge in [-0.1, -0.05) is 41.9 Å². The normalized spacial score (nSPS) is 14.1. The number of alkyl halides is 3. The van der Waals surface area contributed by atoms with Crippen molar-refractivity contribution in [3.05, 3.63) is 127 Å². The summed E-state index contributed by atoms with van der Waals surface area (Å²) in [4.78, 5) is 47.3. The van der Waals surface area contributed by atoms with E-state index in [2.05, 4.69) is 26.2 Å². The Labute approximate surface area is 280 Å². The molecular weight excluding hydrogens is 703 g/mol. The van der Waals surface area contributed by atoms with Crippen molar-refractivity contribution in [2.45, 2.75) is 32.2 Å². The number of amides is 2. The van der Waals surface area contributed by atoms with E-state index in [1.165, 1.54) is 38.3 Å². The van der Waals surface area contributed by atoms with Gasteiger partial charge in [-0.15, -0.1) is 0 Å². The van der Waals surface area contributed by atoms with Gasteiger partial charge in [-0.25, -0.2) is 4.79 Å². The minimum absolute atomic E-state index is 0.00246. The summed E-state index contributed by atoms with van der Waals surface area (Å²) in [6, 6.07) is 17.8. The summed E-state index contributed by atoms with van der Waals surface area (Å²) in [5.74, 6) is -0.960. The molecule has 0 spiro atoms. The van der Waals surface area contributed by atoms with Crippen molar-refractivity contribution in [2.24, 2.45) is 4.99 Å². The number of nitrogens with one attached hydrogen (secondary N) is 1. The number of hydrogen-bond acceptors (Lipinski definition) is 5. The number of aliphatic imine (C=N–C) groups is 1. The summed E-state index contributed by atoms with van der Waals surface area (Å²) in [6.45, 7) is -1.10. The van der Waals surface area contributed by atoms with Crippen LogP contribution in [0.25, 0.3) is 5.69 Å². The van der Waals surface area contributed by atoms with E-state index in [-0.39, 0.29) is 49.2 Å². The number of ether oxygens (including phenoxy) is 1. The SMILES string of the molecule is O=C(NCc1ccccc1C1=NC=CC1)c1c2n(c(=O)n1-c1ccc(OCC(F)(F)F)cc1)CCN(C(=O)c1ccc(Br)c(Cl)c1)C2. The van der Waals surface area contributed by atoms with Crippen molar-refractivity contribution < 1.29 is 27.5 Å². The molecule has 2 aliphatic rings. The third-order valence-electron chi connectivity index (χ3n) is 7.76. The second-order valence-electron chi connectivity index (χ2n) is 10.8. The first kappa shape index (κ1) is 32.3. The number of carbonyl (C=O) groups is 2. The quantitative estimate of drug-likeness (QED) is 0.231. The van der Waals surface area contributed by atoms with E-state index in [1.807, 2.05) is 30.3 Å². The zero-order valence-corrected chi connectivity index (χ0v) is 26.9. The van der Waals surface area contributed by atoms with Crippen molar-refractivity contribution in [2.75, 3.05) is 13.2 Å². The number of fused-ring (bicyclic) bond motifs is 1. The van der Waals surface area contributed by atoms with Crippen molar-refractivity contribution in [3.8, 4) is 11.4 Å². The van der Waals surface area contributed by atoms with Crippen LogP contribution in [0.1, 0.15) is 44.1 Å². The largest absolute Gasteiger partial charge is 0.484 e. The molecule has 47 heavy (non-hydrogen) atoms. The molecular formula is C33H26BrClF3N5O4. The molecule has 0 aliphatic carbocycles. The number of allylic oxidation sites excluding steroid dienone is 1. The van der Waals surface area contributed by atoms with Crippen molar-refractivity contribution >= 4 is 45.1 Å². The van der Waals surface area contributed by atoms with Crippen LogP contribution in [-0.2, 0) is 19.6 Å². The molecule has 4 aromatic rings. The minimum atomic E-state index is -4.52. The summed E-state index contributed by atoms with van der Waals surface area (Å²) in [5.41, 5.74) is 2.94. The highest BCUT2D eigenvalue weighted by atomic mass is 79.9. The Morgan fingerprint density at radius 1 is 1.04 bits per heavy atom. The van der Waals surface area contributed by atoms with Gasteiger partial charge in [0.2, 0.25) is 0 Å². The Kier molecular flexibility index (Phi) is 9.11. The number of benzene rings is 3. The van der Waals surface area contributed by atoms with Gasteiger partial charge in [-0.05, 0) is 64.0 Å². The van der Waals surface area contributed by atoms with E-state index in [0.29, 0.717) is 27.2 Å². The highest BCUT2D eigenvalue weighted by molar-refractivity contribution is 9.10. The number of aromatic nitrogens is 2. The number of halogens is 5. The molecule has 0 radical (unpaired) electrons. The fourth-order valence-corrected chi connectivity index (χ4v) is 5.96. The molecule has 3 heterocycles. The van der Waals surface area contributed by atoms with Crippen LogP contribution in [0.5, 0.6) is 5.75 Å². The topological polar surface area (TPSA) is 97.9 Å². The molecule has 0 saturated carbocycles. The lowest BCUT2D eigenvalue weighted by Gasteiger charge is -2.28. The van der Waals surface area contributed by atoms with Gasteiger partial charge in [0.1, 0.15) is 11.4 Å². The molecule has 242 valence electrons. The number of carbonyl (C=O) groups excluding carboxylic acids is 2. The van der Waals surface area contributed by atoms with Gasteiger partial charge in [-0.2, -0.15) is 13.2 Å². The molecule has 0 saturated heterocycles. The van der Waals surface area contributed by atoms with Crippen molar-refractivity contribution in [3.63, 3.8) is 0 Å². The van der Waals surface area contributed by atoms with Crippen LogP contribution >= 0.6 is 27.5 Å². The number of imidazole rings is 1. The number of nitrogens with zero attached hydrogens (tertiary/aromatic N) is 4. The lowest BCUT2D eigenvalue weighted by Crippen LogP contribution is -2.41. The molecule has 6 rings (SSSR count). The van der Waals surface area contributed by atoms with Crippen LogP contribution in [0.3, 0.4) is 0 Å². The van der Waals surface area contributed by atoms with E-state index in [1.54, 1.807) is 24.4 Å². The summed E-state index contributed by atoms with van der Waals surface area (Å²) < 4.78 is 46.2. The Hall–Kier alpha value is -4.62. The molecule has 1 N–H and O–H groups in total. The molecule has 9 nitrogen and oxygen atoms in total. The Bertz CT molecular complexity index is 1990. The molecule has 1 aromatic heterocycles. The van der Waals surface area contributed by atoms with Crippen LogP contribution in [0.15, 0.2) is 93.3 Å². The van der Waals surface area contributed by atoms with Gasteiger partial charge < -0.3 is 15.0 Å². The van der Waals surface area contributed by atoms with Gasteiger partial charge in [0, 0.05) is 47.9 Å². The Morgan fingerprint density at radius 3 is 2.51 bits per heavy atom. The molecule has 0 atom stereocenters. The monoisotopic (exact) mass is 727 g/mol. The number of hydrogen-bond donors (Lipinski definition) is 1. The van der Waals surface area contributed by atoms with E-state index < -0.39 is 24.4 Å². The fraction of sp³-hybridized carbons (Fsp3) is 0.212. The molecule has 2 amide bonds. The summed E-state index contributed by atoms with van der Waals surface area (Å²) in [7, 11) is 0. The second-order valence-corrected chi connectivity index (χ2v) is 12.1. The molecule has 0 unspecified atom stereocenters. The molecule has 3 aromatic carbocycles. The third kappa shape index (κ3) is 6.91. The van der Waals surface area contributed by atoms with Crippen molar-refractivity contribution in [1.29, 1.82) is 0 Å². The lowest BCUT2D eigenvalue weighted by atomic mass is 10.0. The van der Waals surface area contributed by atoms with Gasteiger partial charge in [-0.3, -0.25) is 23.7 Å². The second kappa shape index (κ2) is 13.2. The molecule has 0 fully saturated rings. The van der Waals surface area contributed by atoms with Crippen LogP contribution in [0, 0.1) is 0 Å². The predicted molar refractivity (Wildman–Crippen MR) is 173 cm³/mol. The minimum Gasteiger partial charge on any atom is -0.484 e. The zero-order chi connectivity index (χ0) is 33.3. The third-order valence-corrected chi connectivity index (χ3v) is 8.99. The van der Waals surface area contributed by atoms with Gasteiger partial charge in [0.25, 0.3) is 11.8 Å². The summed E-state index contributed by atoms with van der Waals surface area (Å²) in [6.07, 6.45) is -0.197. The fourth-order valence-electron chi connectivity index (χ4n) is 5.53. The summed E-state index contributed by atoms with van der Waals surface area (Å²) in [5, 5.41) is 3.29. The first-order valence-electron chi connectivity index (χ1n) is 14.5. The van der Waals surface area contributed by atoms with Crippen LogP contribution in [0.4, 0.5) is 13.2 Å². The maximum atomic E-state index is 14.0. The number of rotatable bonds is 8. The van der Waals surface area contributed by atoms with Crippen LogP contribution < -0.4 is 15.7 Å². The van der Waals surface area contributed by atoms with Crippen molar-refractivity contribution in [1.82, 2.24) is 19.4 Å². The molecule has 2 aliphatic heterocycles. The van der Waals surface area contributed by atoms with E-state index in [0.717, 1.165) is 16.8 Å². The van der Waals surface area contributed by atoms with Crippen LogP contribution in [-0.4, -0.2) is 50.9 Å². The van der Waals surface area contributed by atoms with Gasteiger partial charge in [0.05, 0.1) is 28.7 Å². The van der Waals surface area contributed by atoms with Crippen LogP contribution in [0.2, 0.25) is 5.02 Å². The van der Waals surface area contributed by atoms with Gasteiger partial charge in [0.15, 0.2) is 6.61 Å². The maximum Gasteiger partial charge on any atom is 0.422 e. The highest BCUT2D eigenvalue weighted by Crippen LogP contribution is 2.27. The highest BCUT2D eigenvalue weighted by Gasteiger charge is 2.33. The lowest BCUT2D eigenvalue weighted by molar-refractivity contribution is -0.153. The van der Waals surface area contributed by atoms with Gasteiger partial charge >= 0.3 is 11.9 Å². The van der Waals surface area contributed by atoms with E-state index in [9.17, 15) is 27.6 Å². The standard InChI is InChI=1S/C33H26BrClF3N5O4/c34-25-12-7-20(16-26(25)35)31(45)41-14-15-42-28(18-41)29(30(44)40-17-21-4-1-2-5-24(21)27-6-3-13-39-27)43(32(42)46)22-8-10-23(11-9-22)47-19-33(36,37)38/h1-5,7-13,16H,6,14-15,17-19H2,(H,40,44). The van der Waals surface area contributed by atoms with E-state index >= 15 is 0 Å². The van der Waals surface area contributed by atoms with E-state index in [4.69, 9.17) is 16.3 Å². The Morgan fingerprint density at radius 2 is 1.81 bits per heavy atom. The maximum absolute atomic E-state index is 14.0. The summed E-state index contributed by atoms with van der Waals surface area (Å²) >= 11 is 9.55. The predicted octanol–water partition coefficient (Wildman–Crippen LogP) is 6.29. The Balaban J connectivity index is 1.35. The zero-order valence-electron chi connectivity index (χ0n) is 24.6. The first-order chi connectivity index (χ1) is 22.5. The molecule has 14 heteroatoms.